The second-order valence-electron chi connectivity index (χ2n) is 6.24. The molecule has 0 atom stereocenters. The highest BCUT2D eigenvalue weighted by atomic mass is 16.5. The molecule has 0 aromatic carbocycles. The number of nitrogen functional groups attached to an aromatic ring is 1. The molecule has 0 aliphatic heterocycles. The summed E-state index contributed by atoms with van der Waals surface area (Å²) in [6.45, 7) is 0.414. The first-order chi connectivity index (χ1) is 8.78. The van der Waals surface area contributed by atoms with Crippen LogP contribution in [0.25, 0.3) is 0 Å². The van der Waals surface area contributed by atoms with Crippen LogP contribution in [-0.2, 0) is 11.3 Å². The molecule has 4 bridgehead atoms. The SMILES string of the molecule is Nc1nnc(COC2C3CC4CC(C3)CC2C4)o1. The lowest BCUT2D eigenvalue weighted by molar-refractivity contribution is -0.135. The van der Waals surface area contributed by atoms with Crippen molar-refractivity contribution in [3.8, 4) is 0 Å². The third-order valence-corrected chi connectivity index (χ3v) is 5.02. The zero-order valence-corrected chi connectivity index (χ0v) is 10.4. The van der Waals surface area contributed by atoms with E-state index in [9.17, 15) is 0 Å². The van der Waals surface area contributed by atoms with Crippen LogP contribution in [0, 0.1) is 23.7 Å². The maximum Gasteiger partial charge on any atom is 0.312 e. The van der Waals surface area contributed by atoms with Crippen LogP contribution in [0.15, 0.2) is 4.42 Å². The second kappa shape index (κ2) is 3.95. The molecule has 0 radical (unpaired) electrons. The Morgan fingerprint density at radius 1 is 1.06 bits per heavy atom. The van der Waals surface area contributed by atoms with Crippen molar-refractivity contribution in [2.24, 2.45) is 23.7 Å². The van der Waals surface area contributed by atoms with Crippen LogP contribution in [0.4, 0.5) is 6.01 Å². The van der Waals surface area contributed by atoms with Crippen molar-refractivity contribution in [2.75, 3.05) is 5.73 Å². The predicted molar refractivity (Wildman–Crippen MR) is 64.3 cm³/mol. The molecule has 0 saturated heterocycles. The molecule has 5 heteroatoms. The van der Waals surface area contributed by atoms with E-state index in [0.29, 0.717) is 18.6 Å². The summed E-state index contributed by atoms with van der Waals surface area (Å²) < 4.78 is 11.2. The topological polar surface area (TPSA) is 74.2 Å². The maximum absolute atomic E-state index is 6.07. The van der Waals surface area contributed by atoms with Crippen molar-refractivity contribution in [2.45, 2.75) is 44.8 Å². The Balaban J connectivity index is 1.43. The zero-order valence-electron chi connectivity index (χ0n) is 10.4. The Morgan fingerprint density at radius 2 is 1.72 bits per heavy atom. The van der Waals surface area contributed by atoms with Crippen molar-refractivity contribution in [3.63, 3.8) is 0 Å². The van der Waals surface area contributed by atoms with E-state index < -0.39 is 0 Å². The molecule has 2 N–H and O–H groups in total. The fraction of sp³-hybridized carbons (Fsp3) is 0.846. The molecule has 0 amide bonds. The number of hydrogen-bond donors (Lipinski definition) is 1. The number of rotatable bonds is 3. The van der Waals surface area contributed by atoms with Gasteiger partial charge in [-0.3, -0.25) is 0 Å². The van der Waals surface area contributed by atoms with Crippen LogP contribution in [0.1, 0.15) is 38.0 Å². The Labute approximate surface area is 106 Å². The van der Waals surface area contributed by atoms with Gasteiger partial charge in [-0.25, -0.2) is 0 Å². The minimum atomic E-state index is 0.124. The van der Waals surface area contributed by atoms with E-state index in [0.717, 1.165) is 23.7 Å². The summed E-state index contributed by atoms with van der Waals surface area (Å²) in [6.07, 6.45) is 7.34. The average molecular weight is 249 g/mol. The minimum absolute atomic E-state index is 0.124. The smallest absolute Gasteiger partial charge is 0.312 e. The zero-order chi connectivity index (χ0) is 12.1. The lowest BCUT2D eigenvalue weighted by Crippen LogP contribution is -2.49. The van der Waals surface area contributed by atoms with Gasteiger partial charge in [0.1, 0.15) is 6.61 Å². The van der Waals surface area contributed by atoms with Crippen LogP contribution in [-0.4, -0.2) is 16.3 Å². The van der Waals surface area contributed by atoms with Gasteiger partial charge in [-0.15, -0.1) is 5.10 Å². The predicted octanol–water partition coefficient (Wildman–Crippen LogP) is 1.99. The average Bonchev–Trinajstić information content (AvgIpc) is 2.73. The first kappa shape index (κ1) is 10.8. The Morgan fingerprint density at radius 3 is 2.28 bits per heavy atom. The number of hydrogen-bond acceptors (Lipinski definition) is 5. The first-order valence-corrected chi connectivity index (χ1v) is 6.97. The van der Waals surface area contributed by atoms with E-state index in [1.54, 1.807) is 0 Å². The summed E-state index contributed by atoms with van der Waals surface area (Å²) >= 11 is 0. The molecule has 4 aliphatic rings. The molecule has 0 unspecified atom stereocenters. The van der Waals surface area contributed by atoms with Crippen LogP contribution in [0.5, 0.6) is 0 Å². The summed E-state index contributed by atoms with van der Waals surface area (Å²) in [6, 6.07) is 0.124. The van der Waals surface area contributed by atoms with E-state index in [4.69, 9.17) is 14.9 Å². The number of anilines is 1. The number of aromatic nitrogens is 2. The molecule has 1 aromatic heterocycles. The van der Waals surface area contributed by atoms with Crippen molar-refractivity contribution in [1.82, 2.24) is 10.2 Å². The van der Waals surface area contributed by atoms with E-state index >= 15 is 0 Å². The van der Waals surface area contributed by atoms with Crippen molar-refractivity contribution < 1.29 is 9.15 Å². The van der Waals surface area contributed by atoms with Gasteiger partial charge in [0.2, 0.25) is 5.89 Å². The van der Waals surface area contributed by atoms with E-state index in [2.05, 4.69) is 10.2 Å². The third-order valence-electron chi connectivity index (χ3n) is 5.02. The number of nitrogens with two attached hydrogens (primary N) is 1. The molecule has 5 nitrogen and oxygen atoms in total. The molecule has 4 fully saturated rings. The van der Waals surface area contributed by atoms with E-state index in [1.165, 1.54) is 32.1 Å². The van der Waals surface area contributed by atoms with Crippen LogP contribution in [0.3, 0.4) is 0 Å². The largest absolute Gasteiger partial charge is 0.406 e. The van der Waals surface area contributed by atoms with Gasteiger partial charge in [-0.1, -0.05) is 5.10 Å². The van der Waals surface area contributed by atoms with Crippen LogP contribution < -0.4 is 5.73 Å². The van der Waals surface area contributed by atoms with Gasteiger partial charge < -0.3 is 14.9 Å². The van der Waals surface area contributed by atoms with Crippen molar-refractivity contribution in [1.29, 1.82) is 0 Å². The Kier molecular flexibility index (Phi) is 2.37. The van der Waals surface area contributed by atoms with E-state index in [1.807, 2.05) is 0 Å². The molecule has 5 rings (SSSR count). The molecule has 1 heterocycles. The van der Waals surface area contributed by atoms with Gasteiger partial charge in [0.05, 0.1) is 6.10 Å². The molecule has 18 heavy (non-hydrogen) atoms. The van der Waals surface area contributed by atoms with Crippen LogP contribution in [0.2, 0.25) is 0 Å². The molecular formula is C13H19N3O2. The number of nitrogens with zero attached hydrogens (tertiary/aromatic N) is 2. The Bertz CT molecular complexity index is 417. The summed E-state index contributed by atoms with van der Waals surface area (Å²) in [5.74, 6) is 3.99. The normalized spacial score (nSPS) is 41.4. The highest BCUT2D eigenvalue weighted by Gasteiger charge is 2.48. The van der Waals surface area contributed by atoms with Gasteiger partial charge in [-0.05, 0) is 55.8 Å². The fourth-order valence-corrected chi connectivity index (χ4v) is 4.64. The van der Waals surface area contributed by atoms with Crippen molar-refractivity contribution >= 4 is 6.01 Å². The van der Waals surface area contributed by atoms with Gasteiger partial charge in [0, 0.05) is 0 Å². The van der Waals surface area contributed by atoms with Crippen LogP contribution >= 0.6 is 0 Å². The molecular weight excluding hydrogens is 230 g/mol. The fourth-order valence-electron chi connectivity index (χ4n) is 4.64. The first-order valence-electron chi connectivity index (χ1n) is 6.97. The highest BCUT2D eigenvalue weighted by molar-refractivity contribution is 5.04. The van der Waals surface area contributed by atoms with Gasteiger partial charge in [-0.2, -0.15) is 0 Å². The number of ether oxygens (including phenoxy) is 1. The van der Waals surface area contributed by atoms with Gasteiger partial charge in [0.25, 0.3) is 0 Å². The van der Waals surface area contributed by atoms with Crippen molar-refractivity contribution in [3.05, 3.63) is 5.89 Å². The lowest BCUT2D eigenvalue weighted by atomic mass is 9.55. The highest BCUT2D eigenvalue weighted by Crippen LogP contribution is 2.54. The molecule has 0 spiro atoms. The summed E-state index contributed by atoms with van der Waals surface area (Å²) in [5, 5.41) is 7.50. The minimum Gasteiger partial charge on any atom is -0.406 e. The standard InChI is InChI=1S/C13H19N3O2/c14-13-16-15-11(18-13)6-17-12-9-2-7-1-8(4-9)5-10(12)3-7/h7-10,12H,1-6H2,(H2,14,16). The molecule has 4 aliphatic carbocycles. The quantitative estimate of drug-likeness (QED) is 0.886. The van der Waals surface area contributed by atoms with Gasteiger partial charge in [0.15, 0.2) is 0 Å². The van der Waals surface area contributed by atoms with E-state index in [-0.39, 0.29) is 6.01 Å². The van der Waals surface area contributed by atoms with Gasteiger partial charge >= 0.3 is 6.01 Å². The summed E-state index contributed by atoms with van der Waals surface area (Å²) in [7, 11) is 0. The molecule has 1 aromatic rings. The molecule has 98 valence electrons. The second-order valence-corrected chi connectivity index (χ2v) is 6.24. The summed E-state index contributed by atoms with van der Waals surface area (Å²) in [4.78, 5) is 0. The maximum atomic E-state index is 6.07. The lowest BCUT2D eigenvalue weighted by Gasteiger charge is -2.53. The third kappa shape index (κ3) is 1.72. The Hall–Kier alpha value is -1.10. The summed E-state index contributed by atoms with van der Waals surface area (Å²) in [5.41, 5.74) is 5.41. The monoisotopic (exact) mass is 249 g/mol. The molecule has 4 saturated carbocycles.